The minimum atomic E-state index is 0.312. The summed E-state index contributed by atoms with van der Waals surface area (Å²) in [7, 11) is 1.63. The molecule has 3 aromatic rings. The third-order valence-electron chi connectivity index (χ3n) is 7.32. The fraction of sp³-hybridized carbons (Fsp3) is 0.360. The Morgan fingerprint density at radius 3 is 2.71 bits per heavy atom. The second kappa shape index (κ2) is 8.71. The van der Waals surface area contributed by atoms with Gasteiger partial charge in [-0.3, -0.25) is 9.88 Å². The molecule has 169 valence electrons. The van der Waals surface area contributed by atoms with Gasteiger partial charge < -0.3 is 19.4 Å². The van der Waals surface area contributed by atoms with Crippen LogP contribution in [0.3, 0.4) is 0 Å². The lowest BCUT2D eigenvalue weighted by atomic mass is 9.93. The van der Waals surface area contributed by atoms with Gasteiger partial charge in [0.15, 0.2) is 0 Å². The highest BCUT2D eigenvalue weighted by molar-refractivity contribution is 6.64. The van der Waals surface area contributed by atoms with E-state index in [1.807, 2.05) is 12.1 Å². The van der Waals surface area contributed by atoms with Gasteiger partial charge in [0.1, 0.15) is 11.9 Å². The van der Waals surface area contributed by atoms with Gasteiger partial charge in [-0.2, -0.15) is 5.26 Å². The number of pyridine rings is 2. The van der Waals surface area contributed by atoms with Gasteiger partial charge >= 0.3 is 0 Å². The van der Waals surface area contributed by atoms with Crippen LogP contribution < -0.4 is 9.80 Å². The maximum Gasteiger partial charge on any atom is 0.293 e. The summed E-state index contributed by atoms with van der Waals surface area (Å²) in [6.07, 6.45) is 2.61. The highest BCUT2D eigenvalue weighted by atomic mass is 16.1. The van der Waals surface area contributed by atoms with E-state index in [2.05, 4.69) is 54.8 Å². The van der Waals surface area contributed by atoms with Crippen LogP contribution in [-0.4, -0.2) is 79.1 Å². The number of carbonyl (C=O) groups excluding carboxylic acids is 1. The molecule has 0 spiro atoms. The third kappa shape index (κ3) is 3.60. The van der Waals surface area contributed by atoms with Gasteiger partial charge in [-0.15, -0.1) is 0 Å². The fourth-order valence-corrected chi connectivity index (χ4v) is 5.53. The first kappa shape index (κ1) is 21.1. The van der Waals surface area contributed by atoms with Crippen molar-refractivity contribution in [3.8, 4) is 6.07 Å². The van der Waals surface area contributed by atoms with Crippen LogP contribution in [0.25, 0.3) is 10.9 Å². The summed E-state index contributed by atoms with van der Waals surface area (Å²) >= 11 is 0. The predicted molar refractivity (Wildman–Crippen MR) is 132 cm³/mol. The summed E-state index contributed by atoms with van der Waals surface area (Å²) in [6, 6.07) is 15.0. The number of aromatic nitrogens is 2. The van der Waals surface area contributed by atoms with Crippen molar-refractivity contribution in [3.05, 3.63) is 59.4 Å². The molecular weight excluding hydrogens is 425 g/mol. The molecule has 0 N–H and O–H groups in total. The van der Waals surface area contributed by atoms with Crippen molar-refractivity contribution in [1.82, 2.24) is 19.7 Å². The first-order valence-electron chi connectivity index (χ1n) is 11.8. The smallest absolute Gasteiger partial charge is 0.293 e. The Morgan fingerprint density at radius 2 is 1.88 bits per heavy atom. The molecule has 0 unspecified atom stereocenters. The van der Waals surface area contributed by atoms with Crippen molar-refractivity contribution < 1.29 is 4.79 Å². The lowest BCUT2D eigenvalue weighted by Crippen LogP contribution is -2.48. The monoisotopic (exact) mass is 450 g/mol. The summed E-state index contributed by atoms with van der Waals surface area (Å²) in [5, 5.41) is 10.5. The zero-order valence-electron chi connectivity index (χ0n) is 19.0. The number of rotatable bonds is 4. The van der Waals surface area contributed by atoms with Crippen molar-refractivity contribution in [2.75, 3.05) is 55.6 Å². The van der Waals surface area contributed by atoms with E-state index < -0.39 is 0 Å². The maximum atomic E-state index is 10.7. The molecule has 9 heteroatoms. The molecular formula is C25H25BN7O. The van der Waals surface area contributed by atoms with Crippen molar-refractivity contribution in [3.63, 3.8) is 0 Å². The molecule has 2 aromatic heterocycles. The normalized spacial score (nSPS) is 20.6. The number of hydrogen-bond donors (Lipinski definition) is 0. The highest BCUT2D eigenvalue weighted by Crippen LogP contribution is 2.39. The first-order valence-corrected chi connectivity index (χ1v) is 11.8. The number of anilines is 2. The van der Waals surface area contributed by atoms with Crippen molar-refractivity contribution >= 4 is 36.0 Å². The molecule has 1 atom stereocenters. The number of fused-ring (bicyclic) bond motifs is 4. The number of piperazine rings is 2. The van der Waals surface area contributed by atoms with E-state index in [0.29, 0.717) is 11.6 Å². The first-order chi connectivity index (χ1) is 16.7. The Balaban J connectivity index is 1.23. The predicted octanol–water partition coefficient (Wildman–Crippen LogP) is 1.81. The average Bonchev–Trinajstić information content (AvgIpc) is 3.26. The van der Waals surface area contributed by atoms with E-state index in [1.54, 1.807) is 13.6 Å². The highest BCUT2D eigenvalue weighted by Gasteiger charge is 2.36. The van der Waals surface area contributed by atoms with E-state index in [9.17, 15) is 10.1 Å². The third-order valence-corrected chi connectivity index (χ3v) is 7.32. The fourth-order valence-electron chi connectivity index (χ4n) is 5.53. The van der Waals surface area contributed by atoms with E-state index in [0.717, 1.165) is 81.0 Å². The zero-order chi connectivity index (χ0) is 23.1. The summed E-state index contributed by atoms with van der Waals surface area (Å²) in [6.45, 7) is 7.11. The molecule has 0 aliphatic carbocycles. The molecule has 0 bridgehead atoms. The molecule has 2 fully saturated rings. The summed E-state index contributed by atoms with van der Waals surface area (Å²) in [4.78, 5) is 29.6. The molecule has 3 aliphatic rings. The largest absolute Gasteiger partial charge is 0.368 e. The number of carbonyl (C=O) groups is 1. The van der Waals surface area contributed by atoms with Crippen LogP contribution >= 0.6 is 0 Å². The second-order valence-electron chi connectivity index (χ2n) is 9.09. The average molecular weight is 450 g/mol. The lowest BCUT2D eigenvalue weighted by molar-refractivity contribution is 0.194. The topological polar surface area (TPSA) is 79.6 Å². The Labute approximate surface area is 199 Å². The number of hydrogen-bond acceptors (Lipinski definition) is 8. The molecule has 34 heavy (non-hydrogen) atoms. The van der Waals surface area contributed by atoms with Gasteiger partial charge in [-0.05, 0) is 35.9 Å². The molecule has 3 aliphatic heterocycles. The maximum absolute atomic E-state index is 10.7. The van der Waals surface area contributed by atoms with Crippen LogP contribution in [-0.2, 0) is 11.3 Å². The van der Waals surface area contributed by atoms with Crippen LogP contribution in [0.15, 0.2) is 42.6 Å². The van der Waals surface area contributed by atoms with Gasteiger partial charge in [0.05, 0.1) is 29.0 Å². The van der Waals surface area contributed by atoms with Crippen molar-refractivity contribution in [2.45, 2.75) is 12.6 Å². The Kier molecular flexibility index (Phi) is 5.40. The molecule has 0 saturated carbocycles. The molecule has 0 amide bonds. The van der Waals surface area contributed by atoms with Gasteiger partial charge in [0.25, 0.3) is 7.41 Å². The Morgan fingerprint density at radius 1 is 1.03 bits per heavy atom. The van der Waals surface area contributed by atoms with Gasteiger partial charge in [0.2, 0.25) is 0 Å². The van der Waals surface area contributed by atoms with E-state index >= 15 is 0 Å². The summed E-state index contributed by atoms with van der Waals surface area (Å²) in [5.41, 5.74) is 5.03. The van der Waals surface area contributed by atoms with Crippen LogP contribution in [0.5, 0.6) is 0 Å². The van der Waals surface area contributed by atoms with Crippen LogP contribution in [0.4, 0.5) is 11.5 Å². The molecule has 1 radical (unpaired) electrons. The molecule has 8 nitrogen and oxygen atoms in total. The molecule has 2 saturated heterocycles. The summed E-state index contributed by atoms with van der Waals surface area (Å²) in [5.74, 6) is 1.03. The Bertz CT molecular complexity index is 1280. The van der Waals surface area contributed by atoms with E-state index in [4.69, 9.17) is 4.98 Å². The van der Waals surface area contributed by atoms with Gasteiger partial charge in [0, 0.05) is 69.6 Å². The Hall–Kier alpha value is -3.48. The van der Waals surface area contributed by atoms with Gasteiger partial charge in [-0.1, -0.05) is 6.07 Å². The molecule has 5 heterocycles. The molecule has 1 aromatic carbocycles. The minimum absolute atomic E-state index is 0.312. The van der Waals surface area contributed by atoms with Crippen LogP contribution in [0.1, 0.15) is 22.9 Å². The van der Waals surface area contributed by atoms with Crippen LogP contribution in [0.2, 0.25) is 0 Å². The quantitative estimate of drug-likeness (QED) is 0.440. The SMILES string of the molecule is N#Cc1ccc(N2CCN3Cc4nc(N5CCN([B]C=O)CC5)ccc4[C@@H]3C2)c2cccnc12. The van der Waals surface area contributed by atoms with Crippen molar-refractivity contribution in [1.29, 1.82) is 5.26 Å². The number of nitrogens with zero attached hydrogens (tertiary/aromatic N) is 7. The van der Waals surface area contributed by atoms with E-state index in [1.165, 1.54) is 11.3 Å². The zero-order valence-corrected chi connectivity index (χ0v) is 19.0. The number of benzene rings is 1. The summed E-state index contributed by atoms with van der Waals surface area (Å²) < 4.78 is 0. The van der Waals surface area contributed by atoms with Crippen LogP contribution in [0, 0.1) is 11.3 Å². The van der Waals surface area contributed by atoms with Crippen molar-refractivity contribution in [2.24, 2.45) is 0 Å². The molecule has 6 rings (SSSR count). The van der Waals surface area contributed by atoms with E-state index in [-0.39, 0.29) is 0 Å². The lowest BCUT2D eigenvalue weighted by Gasteiger charge is -2.39. The minimum Gasteiger partial charge on any atom is -0.368 e. The van der Waals surface area contributed by atoms with Gasteiger partial charge in [-0.25, -0.2) is 4.98 Å². The number of nitriles is 1. The second-order valence-corrected chi connectivity index (χ2v) is 9.09. The standard InChI is InChI=1S/C25H25BN7O/c27-14-18-3-5-22(20-2-1-7-28-25(18)20)32-9-8-31-15-21-19(23(31)16-32)4-6-24(29-21)30-10-12-33(13-11-30)26-17-34/h1-7,17,23H,8-13,15-16H2/t23-/m0/s1.